The van der Waals surface area contributed by atoms with Gasteiger partial charge in [0, 0.05) is 17.3 Å². The number of nitrogens with one attached hydrogen (secondary N) is 1. The predicted molar refractivity (Wildman–Crippen MR) is 72.4 cm³/mol. The van der Waals surface area contributed by atoms with Gasteiger partial charge < -0.3 is 11.1 Å². The van der Waals surface area contributed by atoms with Gasteiger partial charge in [-0.15, -0.1) is 0 Å². The minimum absolute atomic E-state index is 0.171. The lowest BCUT2D eigenvalue weighted by molar-refractivity contribution is 0.102. The Labute approximate surface area is 114 Å². The van der Waals surface area contributed by atoms with E-state index in [0.29, 0.717) is 5.69 Å². The Bertz CT molecular complexity index is 666. The van der Waals surface area contributed by atoms with Gasteiger partial charge >= 0.3 is 0 Å². The summed E-state index contributed by atoms with van der Waals surface area (Å²) in [5, 5.41) is 2.31. The molecule has 20 heavy (non-hydrogen) atoms. The molecule has 0 unspecified atom stereocenters. The number of pyridine rings is 1. The van der Waals surface area contributed by atoms with Crippen molar-refractivity contribution in [3.8, 4) is 0 Å². The summed E-state index contributed by atoms with van der Waals surface area (Å²) in [6.45, 7) is 3.12. The Balaban J connectivity index is 2.30. The zero-order valence-electron chi connectivity index (χ0n) is 11.0. The predicted octanol–water partition coefficient (Wildman–Crippen LogP) is 2.81. The molecule has 104 valence electrons. The van der Waals surface area contributed by atoms with Crippen molar-refractivity contribution < 1.29 is 13.6 Å². The molecule has 0 aliphatic rings. The van der Waals surface area contributed by atoms with E-state index in [1.54, 1.807) is 6.92 Å². The molecule has 0 radical (unpaired) electrons. The Morgan fingerprint density at radius 1 is 1.15 bits per heavy atom. The van der Waals surface area contributed by atoms with Gasteiger partial charge in [-0.1, -0.05) is 0 Å². The van der Waals surface area contributed by atoms with Crippen LogP contribution in [-0.2, 0) is 0 Å². The number of aryl methyl sites for hydroxylation is 2. The van der Waals surface area contributed by atoms with E-state index in [0.717, 1.165) is 12.1 Å². The number of carbonyl (C=O) groups excluding carboxylic acids is 1. The first kappa shape index (κ1) is 13.9. The van der Waals surface area contributed by atoms with Gasteiger partial charge in [-0.25, -0.2) is 13.8 Å². The molecule has 0 atom stereocenters. The quantitative estimate of drug-likeness (QED) is 0.887. The third-order valence-corrected chi connectivity index (χ3v) is 2.73. The lowest BCUT2D eigenvalue weighted by atomic mass is 10.1. The van der Waals surface area contributed by atoms with Gasteiger partial charge in [0.05, 0.1) is 5.69 Å². The fourth-order valence-corrected chi connectivity index (χ4v) is 1.76. The summed E-state index contributed by atoms with van der Waals surface area (Å²) >= 11 is 0. The number of rotatable bonds is 2. The molecule has 3 N–H and O–H groups in total. The summed E-state index contributed by atoms with van der Waals surface area (Å²) in [7, 11) is 0. The van der Waals surface area contributed by atoms with Crippen LogP contribution in [0.15, 0.2) is 24.3 Å². The smallest absolute Gasteiger partial charge is 0.255 e. The number of amides is 1. The number of halogens is 2. The Hall–Kier alpha value is -2.50. The molecule has 2 rings (SSSR count). The highest BCUT2D eigenvalue weighted by molar-refractivity contribution is 6.04. The Morgan fingerprint density at radius 2 is 1.85 bits per heavy atom. The third kappa shape index (κ3) is 2.90. The Kier molecular flexibility index (Phi) is 3.65. The molecule has 2 aromatic rings. The Morgan fingerprint density at radius 3 is 2.50 bits per heavy atom. The number of hydrogen-bond donors (Lipinski definition) is 2. The molecule has 6 heteroatoms. The number of nitrogen functional groups attached to an aromatic ring is 1. The highest BCUT2D eigenvalue weighted by Crippen LogP contribution is 2.20. The van der Waals surface area contributed by atoms with Crippen molar-refractivity contribution in [2.75, 3.05) is 11.1 Å². The van der Waals surface area contributed by atoms with Gasteiger partial charge in [0.2, 0.25) is 0 Å². The highest BCUT2D eigenvalue weighted by Gasteiger charge is 2.13. The molecular formula is C14H13F2N3O. The average Bonchev–Trinajstić information content (AvgIpc) is 2.34. The van der Waals surface area contributed by atoms with Crippen LogP contribution in [0.4, 0.5) is 20.3 Å². The first-order chi connectivity index (χ1) is 9.36. The standard InChI is InChI=1S/C14H13F2N3O/c1-7-3-11(16)12(6-10(7)15)19-14(20)9-4-8(2)18-13(17)5-9/h3-6H,1-2H3,(H2,17,18)(H,19,20). The van der Waals surface area contributed by atoms with Crippen LogP contribution in [0.25, 0.3) is 0 Å². The van der Waals surface area contributed by atoms with Crippen molar-refractivity contribution in [2.45, 2.75) is 13.8 Å². The van der Waals surface area contributed by atoms with Crippen molar-refractivity contribution in [3.05, 3.63) is 52.7 Å². The number of benzene rings is 1. The second-order valence-corrected chi connectivity index (χ2v) is 4.46. The second-order valence-electron chi connectivity index (χ2n) is 4.46. The summed E-state index contributed by atoms with van der Waals surface area (Å²) in [6, 6.07) is 4.84. The monoisotopic (exact) mass is 277 g/mol. The maximum absolute atomic E-state index is 13.6. The van der Waals surface area contributed by atoms with Crippen LogP contribution in [0.2, 0.25) is 0 Å². The van der Waals surface area contributed by atoms with Gasteiger partial charge in [0.1, 0.15) is 17.5 Å². The lowest BCUT2D eigenvalue weighted by Gasteiger charge is -2.09. The van der Waals surface area contributed by atoms with Crippen LogP contribution in [-0.4, -0.2) is 10.9 Å². The molecule has 0 fully saturated rings. The van der Waals surface area contributed by atoms with E-state index in [9.17, 15) is 13.6 Å². The summed E-state index contributed by atoms with van der Waals surface area (Å²) < 4.78 is 27.0. The van der Waals surface area contributed by atoms with Gasteiger partial charge in [-0.2, -0.15) is 0 Å². The minimum atomic E-state index is -0.698. The normalized spacial score (nSPS) is 10.4. The van der Waals surface area contributed by atoms with E-state index in [1.807, 2.05) is 0 Å². The molecule has 4 nitrogen and oxygen atoms in total. The molecule has 1 aromatic carbocycles. The van der Waals surface area contributed by atoms with Crippen molar-refractivity contribution in [3.63, 3.8) is 0 Å². The van der Waals surface area contributed by atoms with Crippen molar-refractivity contribution in [1.82, 2.24) is 4.98 Å². The SMILES string of the molecule is Cc1cc(C(=O)Nc2cc(F)c(C)cc2F)cc(N)n1. The van der Waals surface area contributed by atoms with Crippen LogP contribution in [0, 0.1) is 25.5 Å². The van der Waals surface area contributed by atoms with E-state index >= 15 is 0 Å². The molecule has 1 aromatic heterocycles. The van der Waals surface area contributed by atoms with Crippen LogP contribution in [0.3, 0.4) is 0 Å². The molecule has 0 saturated heterocycles. The maximum Gasteiger partial charge on any atom is 0.255 e. The number of carbonyl (C=O) groups is 1. The van der Waals surface area contributed by atoms with Crippen molar-refractivity contribution in [1.29, 1.82) is 0 Å². The summed E-state index contributed by atoms with van der Waals surface area (Å²) in [5.74, 6) is -1.68. The molecule has 0 saturated carbocycles. The summed E-state index contributed by atoms with van der Waals surface area (Å²) in [4.78, 5) is 15.9. The molecule has 0 bridgehead atoms. The number of aromatic nitrogens is 1. The van der Waals surface area contributed by atoms with Crippen LogP contribution in [0.1, 0.15) is 21.6 Å². The highest BCUT2D eigenvalue weighted by atomic mass is 19.1. The molecule has 1 heterocycles. The molecule has 0 aliphatic carbocycles. The van der Waals surface area contributed by atoms with E-state index in [1.165, 1.54) is 19.1 Å². The molecular weight excluding hydrogens is 264 g/mol. The van der Waals surface area contributed by atoms with Crippen molar-refractivity contribution in [2.24, 2.45) is 0 Å². The number of nitrogens with zero attached hydrogens (tertiary/aromatic N) is 1. The van der Waals surface area contributed by atoms with E-state index < -0.39 is 17.5 Å². The summed E-state index contributed by atoms with van der Waals surface area (Å²) in [5.41, 5.74) is 6.29. The number of anilines is 2. The van der Waals surface area contributed by atoms with Crippen LogP contribution < -0.4 is 11.1 Å². The van der Waals surface area contributed by atoms with Crippen LogP contribution >= 0.6 is 0 Å². The van der Waals surface area contributed by atoms with Gasteiger partial charge in [-0.3, -0.25) is 4.79 Å². The molecule has 1 amide bonds. The van der Waals surface area contributed by atoms with E-state index in [-0.39, 0.29) is 22.6 Å². The summed E-state index contributed by atoms with van der Waals surface area (Å²) in [6.07, 6.45) is 0. The van der Waals surface area contributed by atoms with E-state index in [2.05, 4.69) is 10.3 Å². The fourth-order valence-electron chi connectivity index (χ4n) is 1.76. The topological polar surface area (TPSA) is 68.0 Å². The first-order valence-corrected chi connectivity index (χ1v) is 5.88. The maximum atomic E-state index is 13.6. The lowest BCUT2D eigenvalue weighted by Crippen LogP contribution is -2.14. The largest absolute Gasteiger partial charge is 0.384 e. The zero-order chi connectivity index (χ0) is 14.9. The van der Waals surface area contributed by atoms with Crippen LogP contribution in [0.5, 0.6) is 0 Å². The van der Waals surface area contributed by atoms with Gasteiger partial charge in [0.25, 0.3) is 5.91 Å². The minimum Gasteiger partial charge on any atom is -0.384 e. The average molecular weight is 277 g/mol. The number of hydrogen-bond acceptors (Lipinski definition) is 3. The van der Waals surface area contributed by atoms with Crippen molar-refractivity contribution >= 4 is 17.4 Å². The number of nitrogens with two attached hydrogens (primary N) is 1. The fraction of sp³-hybridized carbons (Fsp3) is 0.143. The van der Waals surface area contributed by atoms with Gasteiger partial charge in [-0.05, 0) is 37.6 Å². The molecule has 0 spiro atoms. The first-order valence-electron chi connectivity index (χ1n) is 5.88. The second kappa shape index (κ2) is 5.24. The molecule has 0 aliphatic heterocycles. The van der Waals surface area contributed by atoms with Gasteiger partial charge in [0.15, 0.2) is 0 Å². The zero-order valence-corrected chi connectivity index (χ0v) is 11.0. The van der Waals surface area contributed by atoms with E-state index in [4.69, 9.17) is 5.73 Å². The third-order valence-electron chi connectivity index (χ3n) is 2.73.